The highest BCUT2D eigenvalue weighted by Gasteiger charge is 2.18. The third kappa shape index (κ3) is 1.67. The van der Waals surface area contributed by atoms with Crippen LogP contribution in [-0.4, -0.2) is 12.2 Å². The van der Waals surface area contributed by atoms with Gasteiger partial charge in [0.2, 0.25) is 0 Å². The quantitative estimate of drug-likeness (QED) is 0.426. The molecule has 3 heteroatoms. The minimum atomic E-state index is -0.677. The van der Waals surface area contributed by atoms with Crippen molar-refractivity contribution in [3.05, 3.63) is 23.8 Å². The number of nitrogens with two attached hydrogens (primary N) is 3. The van der Waals surface area contributed by atoms with E-state index in [0.717, 1.165) is 5.57 Å². The molecule has 0 unspecified atom stereocenters. The molecule has 0 spiro atoms. The molecular weight excluding hydrogens is 126 g/mol. The van der Waals surface area contributed by atoms with Gasteiger partial charge in [0.1, 0.15) is 0 Å². The summed E-state index contributed by atoms with van der Waals surface area (Å²) in [7, 11) is 0. The Morgan fingerprint density at radius 3 is 2.60 bits per heavy atom. The largest absolute Gasteiger partial charge is 0.327 e. The molecule has 0 bridgehead atoms. The number of hydrogen-bond donors (Lipinski definition) is 3. The minimum Gasteiger partial charge on any atom is -0.327 e. The molecule has 0 saturated carbocycles. The molecule has 0 aromatic heterocycles. The lowest BCUT2D eigenvalue weighted by Gasteiger charge is -2.24. The normalized spacial score (nSPS) is 22.5. The first kappa shape index (κ1) is 7.47. The van der Waals surface area contributed by atoms with Crippen molar-refractivity contribution in [3.63, 3.8) is 0 Å². The van der Waals surface area contributed by atoms with Crippen molar-refractivity contribution < 1.29 is 0 Å². The van der Waals surface area contributed by atoms with E-state index in [0.29, 0.717) is 13.0 Å². The standard InChI is InChI=1S/C7H13N3/c8-5-6-2-1-3-7(9,10)4-6/h1-3H,4-5,8-10H2. The fourth-order valence-electron chi connectivity index (χ4n) is 1.01. The zero-order valence-corrected chi connectivity index (χ0v) is 5.88. The first-order chi connectivity index (χ1) is 4.64. The molecule has 6 N–H and O–H groups in total. The lowest BCUT2D eigenvalue weighted by Crippen LogP contribution is -2.48. The van der Waals surface area contributed by atoms with Crippen LogP contribution in [0.25, 0.3) is 0 Å². The molecule has 0 atom stereocenters. The van der Waals surface area contributed by atoms with Crippen LogP contribution in [0.1, 0.15) is 6.42 Å². The molecule has 0 radical (unpaired) electrons. The second-order valence-electron chi connectivity index (χ2n) is 2.68. The third-order valence-electron chi connectivity index (χ3n) is 1.53. The van der Waals surface area contributed by atoms with Crippen molar-refractivity contribution in [1.29, 1.82) is 0 Å². The topological polar surface area (TPSA) is 78.1 Å². The highest BCUT2D eigenvalue weighted by Crippen LogP contribution is 2.14. The molecule has 1 aliphatic rings. The van der Waals surface area contributed by atoms with Gasteiger partial charge >= 0.3 is 0 Å². The van der Waals surface area contributed by atoms with Crippen molar-refractivity contribution in [2.75, 3.05) is 6.54 Å². The molecule has 0 saturated heterocycles. The Morgan fingerprint density at radius 1 is 1.50 bits per heavy atom. The van der Waals surface area contributed by atoms with Gasteiger partial charge in [-0.05, 0) is 0 Å². The highest BCUT2D eigenvalue weighted by molar-refractivity contribution is 5.25. The minimum absolute atomic E-state index is 0.542. The predicted molar refractivity (Wildman–Crippen MR) is 42.0 cm³/mol. The first-order valence-electron chi connectivity index (χ1n) is 3.29. The van der Waals surface area contributed by atoms with Crippen molar-refractivity contribution in [2.24, 2.45) is 17.2 Å². The highest BCUT2D eigenvalue weighted by atomic mass is 14.9. The maximum atomic E-state index is 5.64. The van der Waals surface area contributed by atoms with Crippen LogP contribution < -0.4 is 17.2 Å². The van der Waals surface area contributed by atoms with Gasteiger partial charge in [-0.25, -0.2) is 0 Å². The average molecular weight is 139 g/mol. The Morgan fingerprint density at radius 2 is 2.20 bits per heavy atom. The summed E-state index contributed by atoms with van der Waals surface area (Å²) >= 11 is 0. The van der Waals surface area contributed by atoms with Gasteiger partial charge in [-0.3, -0.25) is 0 Å². The summed E-state index contributed by atoms with van der Waals surface area (Å²) in [4.78, 5) is 0. The van der Waals surface area contributed by atoms with Crippen LogP contribution in [0.2, 0.25) is 0 Å². The number of hydrogen-bond acceptors (Lipinski definition) is 3. The van der Waals surface area contributed by atoms with E-state index in [1.54, 1.807) is 6.08 Å². The molecular formula is C7H13N3. The summed E-state index contributed by atoms with van der Waals surface area (Å²) in [6.45, 7) is 0.542. The summed E-state index contributed by atoms with van der Waals surface area (Å²) in [5, 5.41) is 0. The maximum absolute atomic E-state index is 5.64. The van der Waals surface area contributed by atoms with Crippen molar-refractivity contribution in [2.45, 2.75) is 12.1 Å². The lowest BCUT2D eigenvalue weighted by atomic mass is 9.96. The van der Waals surface area contributed by atoms with Gasteiger partial charge < -0.3 is 17.2 Å². The molecule has 0 heterocycles. The summed E-state index contributed by atoms with van der Waals surface area (Å²) in [6.07, 6.45) is 6.26. The van der Waals surface area contributed by atoms with Gasteiger partial charge in [0.15, 0.2) is 0 Å². The van der Waals surface area contributed by atoms with E-state index in [1.807, 2.05) is 12.2 Å². The molecule has 0 aliphatic heterocycles. The van der Waals surface area contributed by atoms with Gasteiger partial charge in [-0.15, -0.1) is 0 Å². The maximum Gasteiger partial charge on any atom is 0.0870 e. The van der Waals surface area contributed by atoms with Crippen molar-refractivity contribution in [1.82, 2.24) is 0 Å². The molecule has 0 fully saturated rings. The Bertz CT molecular complexity index is 179. The second-order valence-corrected chi connectivity index (χ2v) is 2.68. The van der Waals surface area contributed by atoms with E-state index in [1.165, 1.54) is 0 Å². The molecule has 10 heavy (non-hydrogen) atoms. The van der Waals surface area contributed by atoms with Crippen LogP contribution in [0.3, 0.4) is 0 Å². The summed E-state index contributed by atoms with van der Waals surface area (Å²) < 4.78 is 0. The van der Waals surface area contributed by atoms with Gasteiger partial charge in [-0.2, -0.15) is 0 Å². The SMILES string of the molecule is NCC1=CC=CC(N)(N)C1. The second kappa shape index (κ2) is 2.54. The molecule has 1 rings (SSSR count). The smallest absolute Gasteiger partial charge is 0.0870 e. The van der Waals surface area contributed by atoms with Gasteiger partial charge in [0.25, 0.3) is 0 Å². The number of rotatable bonds is 1. The van der Waals surface area contributed by atoms with Gasteiger partial charge in [0.05, 0.1) is 5.66 Å². The van der Waals surface area contributed by atoms with Crippen LogP contribution in [0.15, 0.2) is 23.8 Å². The monoisotopic (exact) mass is 139 g/mol. The molecule has 56 valence electrons. The van der Waals surface area contributed by atoms with Crippen molar-refractivity contribution in [3.8, 4) is 0 Å². The predicted octanol–water partition coefficient (Wildman–Crippen LogP) is -0.555. The Kier molecular flexibility index (Phi) is 1.89. The first-order valence-corrected chi connectivity index (χ1v) is 3.29. The Balaban J connectivity index is 2.68. The van der Waals surface area contributed by atoms with Crippen LogP contribution in [-0.2, 0) is 0 Å². The van der Waals surface area contributed by atoms with Crippen LogP contribution in [0, 0.1) is 0 Å². The zero-order chi connectivity index (χ0) is 7.61. The van der Waals surface area contributed by atoms with Gasteiger partial charge in [-0.1, -0.05) is 23.8 Å². The van der Waals surface area contributed by atoms with Crippen LogP contribution in [0.5, 0.6) is 0 Å². The Labute approximate surface area is 60.6 Å². The average Bonchev–Trinajstić information content (AvgIpc) is 1.86. The summed E-state index contributed by atoms with van der Waals surface area (Å²) in [5.74, 6) is 0. The summed E-state index contributed by atoms with van der Waals surface area (Å²) in [5.41, 5.74) is 17.1. The molecule has 1 aliphatic carbocycles. The van der Waals surface area contributed by atoms with E-state index in [4.69, 9.17) is 17.2 Å². The Hall–Kier alpha value is -0.640. The van der Waals surface area contributed by atoms with Crippen LogP contribution in [0.4, 0.5) is 0 Å². The van der Waals surface area contributed by atoms with E-state index in [2.05, 4.69) is 0 Å². The number of allylic oxidation sites excluding steroid dienone is 2. The molecule has 0 aromatic carbocycles. The van der Waals surface area contributed by atoms with Crippen LogP contribution >= 0.6 is 0 Å². The fraction of sp³-hybridized carbons (Fsp3) is 0.429. The third-order valence-corrected chi connectivity index (χ3v) is 1.53. The van der Waals surface area contributed by atoms with E-state index in [9.17, 15) is 0 Å². The lowest BCUT2D eigenvalue weighted by molar-refractivity contribution is 0.537. The molecule has 3 nitrogen and oxygen atoms in total. The van der Waals surface area contributed by atoms with Crippen molar-refractivity contribution >= 4 is 0 Å². The van der Waals surface area contributed by atoms with E-state index < -0.39 is 5.66 Å². The van der Waals surface area contributed by atoms with E-state index in [-0.39, 0.29) is 0 Å². The zero-order valence-electron chi connectivity index (χ0n) is 5.88. The van der Waals surface area contributed by atoms with Gasteiger partial charge in [0, 0.05) is 13.0 Å². The van der Waals surface area contributed by atoms with E-state index >= 15 is 0 Å². The fourth-order valence-corrected chi connectivity index (χ4v) is 1.01. The molecule has 0 aromatic rings. The molecule has 0 amide bonds. The summed E-state index contributed by atoms with van der Waals surface area (Å²) in [6, 6.07) is 0.